The molecule has 0 radical (unpaired) electrons. The summed E-state index contributed by atoms with van der Waals surface area (Å²) in [5.41, 5.74) is 1.49. The van der Waals surface area contributed by atoms with Crippen LogP contribution in [0.3, 0.4) is 0 Å². The molecule has 2 atom stereocenters. The number of Topliss-reactive ketones (excluding diaryl/α,β-unsaturated/α-hetero) is 1. The predicted octanol–water partition coefficient (Wildman–Crippen LogP) is 3.17. The molecule has 3 rings (SSSR count). The Hall–Kier alpha value is -2.42. The fourth-order valence-corrected chi connectivity index (χ4v) is 2.47. The van der Waals surface area contributed by atoms with Gasteiger partial charge in [-0.15, -0.1) is 0 Å². The van der Waals surface area contributed by atoms with Crippen LogP contribution in [-0.2, 0) is 9.53 Å². The summed E-state index contributed by atoms with van der Waals surface area (Å²) in [5, 5.41) is 0. The van der Waals surface area contributed by atoms with Crippen molar-refractivity contribution in [2.75, 3.05) is 0 Å². The summed E-state index contributed by atoms with van der Waals surface area (Å²) >= 11 is 0. The summed E-state index contributed by atoms with van der Waals surface area (Å²) < 4.78 is 5.34. The van der Waals surface area contributed by atoms with Crippen molar-refractivity contribution in [3.8, 4) is 0 Å². The summed E-state index contributed by atoms with van der Waals surface area (Å²) in [6, 6.07) is 18.4. The van der Waals surface area contributed by atoms with Gasteiger partial charge in [0.2, 0.25) is 0 Å². The molecule has 0 N–H and O–H groups in total. The zero-order valence-electron chi connectivity index (χ0n) is 10.9. The van der Waals surface area contributed by atoms with Gasteiger partial charge in [-0.1, -0.05) is 60.7 Å². The Bertz CT molecular complexity index is 619. The van der Waals surface area contributed by atoms with Gasteiger partial charge < -0.3 is 4.74 Å². The maximum atomic E-state index is 12.3. The molecule has 1 aliphatic rings. The minimum absolute atomic E-state index is 0.158. The molecule has 1 heterocycles. The minimum atomic E-state index is -0.692. The lowest BCUT2D eigenvalue weighted by Gasteiger charge is -2.08. The standard InChI is InChI=1S/C17H14O3/c18-16(13-9-5-2-6-10-13)14-11-15(20-17(14)19)12-7-3-1-4-8-12/h1-10,14-15H,11H2/t14-,15+/m0/s1. The highest BCUT2D eigenvalue weighted by Crippen LogP contribution is 2.34. The molecule has 2 aromatic carbocycles. The first-order valence-electron chi connectivity index (χ1n) is 6.60. The van der Waals surface area contributed by atoms with Gasteiger partial charge in [-0.2, -0.15) is 0 Å². The second-order valence-corrected chi connectivity index (χ2v) is 4.85. The van der Waals surface area contributed by atoms with Gasteiger partial charge in [0.25, 0.3) is 0 Å². The molecule has 3 heteroatoms. The monoisotopic (exact) mass is 266 g/mol. The van der Waals surface area contributed by atoms with E-state index in [1.54, 1.807) is 24.3 Å². The number of ketones is 1. The highest BCUT2D eigenvalue weighted by atomic mass is 16.6. The second-order valence-electron chi connectivity index (χ2n) is 4.85. The van der Waals surface area contributed by atoms with Crippen LogP contribution in [0.2, 0.25) is 0 Å². The van der Waals surface area contributed by atoms with Crippen molar-refractivity contribution in [2.45, 2.75) is 12.5 Å². The van der Waals surface area contributed by atoms with Crippen LogP contribution in [0.1, 0.15) is 28.4 Å². The van der Waals surface area contributed by atoms with Crippen LogP contribution in [0.5, 0.6) is 0 Å². The van der Waals surface area contributed by atoms with Crippen molar-refractivity contribution in [3.05, 3.63) is 71.8 Å². The highest BCUT2D eigenvalue weighted by molar-refractivity contribution is 6.09. The Labute approximate surface area is 117 Å². The van der Waals surface area contributed by atoms with Crippen LogP contribution in [-0.4, -0.2) is 11.8 Å². The molecule has 0 unspecified atom stereocenters. The van der Waals surface area contributed by atoms with Crippen LogP contribution in [0.25, 0.3) is 0 Å². The highest BCUT2D eigenvalue weighted by Gasteiger charge is 2.40. The first kappa shape index (κ1) is 12.6. The molecule has 1 aliphatic heterocycles. The molecular weight excluding hydrogens is 252 g/mol. The zero-order valence-corrected chi connectivity index (χ0v) is 10.9. The van der Waals surface area contributed by atoms with Gasteiger partial charge in [0.1, 0.15) is 12.0 Å². The van der Waals surface area contributed by atoms with E-state index in [1.165, 1.54) is 0 Å². The van der Waals surface area contributed by atoms with E-state index in [1.807, 2.05) is 36.4 Å². The number of benzene rings is 2. The topological polar surface area (TPSA) is 43.4 Å². The van der Waals surface area contributed by atoms with Gasteiger partial charge >= 0.3 is 5.97 Å². The van der Waals surface area contributed by atoms with E-state index in [-0.39, 0.29) is 11.9 Å². The third-order valence-corrected chi connectivity index (χ3v) is 3.54. The largest absolute Gasteiger partial charge is 0.457 e. The molecule has 2 aromatic rings. The van der Waals surface area contributed by atoms with E-state index < -0.39 is 11.9 Å². The van der Waals surface area contributed by atoms with E-state index >= 15 is 0 Å². The number of esters is 1. The zero-order chi connectivity index (χ0) is 13.9. The maximum absolute atomic E-state index is 12.3. The molecule has 1 fully saturated rings. The van der Waals surface area contributed by atoms with E-state index in [9.17, 15) is 9.59 Å². The van der Waals surface area contributed by atoms with Crippen LogP contribution < -0.4 is 0 Å². The molecule has 0 saturated carbocycles. The molecule has 0 amide bonds. The van der Waals surface area contributed by atoms with E-state index in [4.69, 9.17) is 4.74 Å². The molecule has 0 bridgehead atoms. The Balaban J connectivity index is 1.80. The lowest BCUT2D eigenvalue weighted by atomic mass is 9.93. The predicted molar refractivity (Wildman–Crippen MR) is 74.2 cm³/mol. The van der Waals surface area contributed by atoms with E-state index in [2.05, 4.69) is 0 Å². The van der Waals surface area contributed by atoms with Gasteiger partial charge in [0, 0.05) is 12.0 Å². The number of ether oxygens (including phenoxy) is 1. The van der Waals surface area contributed by atoms with Crippen molar-refractivity contribution >= 4 is 11.8 Å². The smallest absolute Gasteiger partial charge is 0.317 e. The van der Waals surface area contributed by atoms with Crippen molar-refractivity contribution in [1.82, 2.24) is 0 Å². The Morgan fingerprint density at radius 3 is 2.20 bits per heavy atom. The molecule has 0 spiro atoms. The molecule has 100 valence electrons. The van der Waals surface area contributed by atoms with Crippen molar-refractivity contribution in [1.29, 1.82) is 0 Å². The number of carbonyl (C=O) groups excluding carboxylic acids is 2. The summed E-state index contributed by atoms with van der Waals surface area (Å²) in [7, 11) is 0. The van der Waals surface area contributed by atoms with Crippen LogP contribution in [0, 0.1) is 5.92 Å². The van der Waals surface area contributed by atoms with Gasteiger partial charge in [-0.25, -0.2) is 0 Å². The van der Waals surface area contributed by atoms with E-state index in [0.29, 0.717) is 12.0 Å². The van der Waals surface area contributed by atoms with Crippen LogP contribution in [0.4, 0.5) is 0 Å². The van der Waals surface area contributed by atoms with Gasteiger partial charge in [-0.3, -0.25) is 9.59 Å². The third kappa shape index (κ3) is 2.35. The van der Waals surface area contributed by atoms with Crippen molar-refractivity contribution < 1.29 is 14.3 Å². The number of hydrogen-bond donors (Lipinski definition) is 0. The summed E-state index contributed by atoms with van der Waals surface area (Å²) in [6.07, 6.45) is 0.0951. The maximum Gasteiger partial charge on any atom is 0.317 e. The average Bonchev–Trinajstić information content (AvgIpc) is 2.90. The fourth-order valence-electron chi connectivity index (χ4n) is 2.47. The first-order valence-corrected chi connectivity index (χ1v) is 6.60. The number of rotatable bonds is 3. The average molecular weight is 266 g/mol. The number of hydrogen-bond acceptors (Lipinski definition) is 3. The van der Waals surface area contributed by atoms with E-state index in [0.717, 1.165) is 5.56 Å². The number of cyclic esters (lactones) is 1. The van der Waals surface area contributed by atoms with Gasteiger partial charge in [0.15, 0.2) is 5.78 Å². The SMILES string of the molecule is O=C1O[C@@H](c2ccccc2)C[C@H]1C(=O)c1ccccc1. The van der Waals surface area contributed by atoms with Crippen LogP contribution >= 0.6 is 0 Å². The second kappa shape index (κ2) is 5.29. The summed E-state index contributed by atoms with van der Waals surface area (Å²) in [6.45, 7) is 0. The summed E-state index contributed by atoms with van der Waals surface area (Å²) in [5.74, 6) is -1.27. The molecule has 3 nitrogen and oxygen atoms in total. The first-order chi connectivity index (χ1) is 9.75. The van der Waals surface area contributed by atoms with Crippen molar-refractivity contribution in [3.63, 3.8) is 0 Å². The molecule has 0 aliphatic carbocycles. The Morgan fingerprint density at radius 2 is 1.55 bits per heavy atom. The Morgan fingerprint density at radius 1 is 0.950 bits per heavy atom. The Kier molecular flexibility index (Phi) is 3.33. The van der Waals surface area contributed by atoms with Crippen LogP contribution in [0.15, 0.2) is 60.7 Å². The molecular formula is C17H14O3. The molecule has 0 aromatic heterocycles. The molecule has 20 heavy (non-hydrogen) atoms. The number of carbonyl (C=O) groups is 2. The van der Waals surface area contributed by atoms with Gasteiger partial charge in [-0.05, 0) is 5.56 Å². The quantitative estimate of drug-likeness (QED) is 0.487. The third-order valence-electron chi connectivity index (χ3n) is 3.54. The molecule has 1 saturated heterocycles. The lowest BCUT2D eigenvalue weighted by Crippen LogP contribution is -2.19. The fraction of sp³-hybridized carbons (Fsp3) is 0.176. The lowest BCUT2D eigenvalue weighted by molar-refractivity contribution is -0.143. The minimum Gasteiger partial charge on any atom is -0.457 e. The van der Waals surface area contributed by atoms with Gasteiger partial charge in [0.05, 0.1) is 0 Å². The summed E-state index contributed by atoms with van der Waals surface area (Å²) in [4.78, 5) is 24.3. The normalized spacial score (nSPS) is 21.5. The van der Waals surface area contributed by atoms with Crippen molar-refractivity contribution in [2.24, 2.45) is 5.92 Å².